The van der Waals surface area contributed by atoms with E-state index >= 15 is 0 Å². The Bertz CT molecular complexity index is 366. The second-order valence-electron chi connectivity index (χ2n) is 5.46. The number of nitrogens with zero attached hydrogens (tertiary/aromatic N) is 1. The Morgan fingerprint density at radius 2 is 2.18 bits per heavy atom. The van der Waals surface area contributed by atoms with Crippen molar-refractivity contribution in [2.45, 2.75) is 58.8 Å². The van der Waals surface area contributed by atoms with Crippen LogP contribution in [0.4, 0.5) is 0 Å². The summed E-state index contributed by atoms with van der Waals surface area (Å²) in [5.41, 5.74) is 1.31. The second kappa shape index (κ2) is 5.23. The van der Waals surface area contributed by atoms with E-state index in [9.17, 15) is 0 Å². The molecule has 0 radical (unpaired) electrons. The predicted octanol–water partition coefficient (Wildman–Crippen LogP) is 2.68. The molecular weight excluding hydrogens is 212 g/mol. The van der Waals surface area contributed by atoms with E-state index in [1.54, 1.807) is 0 Å². The van der Waals surface area contributed by atoms with Crippen molar-refractivity contribution in [2.75, 3.05) is 7.05 Å². The Labute approximate surface area is 104 Å². The Morgan fingerprint density at radius 1 is 1.47 bits per heavy atom. The summed E-state index contributed by atoms with van der Waals surface area (Å²) in [6, 6.07) is 3.50. The molecule has 2 rings (SSSR count). The molecule has 96 valence electrons. The Kier molecular flexibility index (Phi) is 3.89. The van der Waals surface area contributed by atoms with Gasteiger partial charge in [0.25, 0.3) is 0 Å². The minimum absolute atomic E-state index is 0.549. The third kappa shape index (κ3) is 3.58. The molecule has 1 aliphatic rings. The molecule has 3 nitrogen and oxygen atoms in total. The molecule has 1 heterocycles. The number of aryl methyl sites for hydroxylation is 1. The molecule has 0 saturated heterocycles. The number of rotatable bonds is 6. The van der Waals surface area contributed by atoms with Crippen molar-refractivity contribution in [3.63, 3.8) is 0 Å². The van der Waals surface area contributed by atoms with Crippen LogP contribution in [0, 0.1) is 6.92 Å². The first-order chi connectivity index (χ1) is 8.06. The van der Waals surface area contributed by atoms with Crippen LogP contribution in [0.15, 0.2) is 10.5 Å². The maximum absolute atomic E-state index is 5.81. The van der Waals surface area contributed by atoms with Gasteiger partial charge in [-0.15, -0.1) is 0 Å². The maximum atomic E-state index is 5.81. The first-order valence-electron chi connectivity index (χ1n) is 6.58. The summed E-state index contributed by atoms with van der Waals surface area (Å²) < 4.78 is 5.81. The number of hydrogen-bond donors (Lipinski definition) is 1. The van der Waals surface area contributed by atoms with Crippen LogP contribution < -0.4 is 5.32 Å². The van der Waals surface area contributed by atoms with E-state index in [1.807, 2.05) is 0 Å². The molecule has 0 bridgehead atoms. The molecule has 0 atom stereocenters. The fraction of sp³-hybridized carbons (Fsp3) is 0.714. The summed E-state index contributed by atoms with van der Waals surface area (Å²) in [7, 11) is 2.13. The fourth-order valence-electron chi connectivity index (χ4n) is 1.81. The lowest BCUT2D eigenvalue weighted by molar-refractivity contribution is 0.242. The zero-order chi connectivity index (χ0) is 12.4. The molecule has 1 aromatic rings. The van der Waals surface area contributed by atoms with Crippen LogP contribution in [0.5, 0.6) is 0 Å². The topological polar surface area (TPSA) is 28.4 Å². The lowest BCUT2D eigenvalue weighted by Crippen LogP contribution is -2.25. The van der Waals surface area contributed by atoms with Gasteiger partial charge in [-0.05, 0) is 46.7 Å². The Hall–Kier alpha value is -0.800. The molecule has 1 N–H and O–H groups in total. The molecule has 0 aliphatic heterocycles. The third-order valence-electron chi connectivity index (χ3n) is 3.52. The van der Waals surface area contributed by atoms with Crippen molar-refractivity contribution in [3.05, 3.63) is 23.2 Å². The quantitative estimate of drug-likeness (QED) is 0.823. The molecule has 0 aromatic carbocycles. The summed E-state index contributed by atoms with van der Waals surface area (Å²) in [5.74, 6) is 2.14. The highest BCUT2D eigenvalue weighted by Crippen LogP contribution is 2.21. The van der Waals surface area contributed by atoms with Crippen molar-refractivity contribution >= 4 is 0 Å². The van der Waals surface area contributed by atoms with Gasteiger partial charge in [-0.25, -0.2) is 0 Å². The van der Waals surface area contributed by atoms with Crippen molar-refractivity contribution in [1.29, 1.82) is 0 Å². The summed E-state index contributed by atoms with van der Waals surface area (Å²) in [4.78, 5) is 2.29. The first kappa shape index (κ1) is 12.7. The highest BCUT2D eigenvalue weighted by molar-refractivity contribution is 5.21. The van der Waals surface area contributed by atoms with Crippen LogP contribution in [0.25, 0.3) is 0 Å². The lowest BCUT2D eigenvalue weighted by atomic mass is 10.2. The van der Waals surface area contributed by atoms with E-state index in [0.29, 0.717) is 6.04 Å². The van der Waals surface area contributed by atoms with Gasteiger partial charge in [0, 0.05) is 24.2 Å². The zero-order valence-corrected chi connectivity index (χ0v) is 11.4. The van der Waals surface area contributed by atoms with Crippen molar-refractivity contribution in [3.8, 4) is 0 Å². The van der Waals surface area contributed by atoms with E-state index in [4.69, 9.17) is 4.42 Å². The largest absolute Gasteiger partial charge is 0.465 e. The maximum Gasteiger partial charge on any atom is 0.118 e. The fourth-order valence-corrected chi connectivity index (χ4v) is 1.81. The van der Waals surface area contributed by atoms with Gasteiger partial charge in [0.05, 0.1) is 6.54 Å². The molecule has 3 heteroatoms. The number of furan rings is 1. The molecule has 1 aromatic heterocycles. The van der Waals surface area contributed by atoms with Crippen molar-refractivity contribution in [2.24, 2.45) is 0 Å². The van der Waals surface area contributed by atoms with Crippen LogP contribution in [-0.4, -0.2) is 24.0 Å². The van der Waals surface area contributed by atoms with Crippen molar-refractivity contribution in [1.82, 2.24) is 10.2 Å². The zero-order valence-electron chi connectivity index (χ0n) is 11.4. The normalized spacial score (nSPS) is 16.1. The third-order valence-corrected chi connectivity index (χ3v) is 3.52. The van der Waals surface area contributed by atoms with Gasteiger partial charge < -0.3 is 9.73 Å². The molecule has 1 aliphatic carbocycles. The van der Waals surface area contributed by atoms with Crippen LogP contribution in [-0.2, 0) is 13.1 Å². The van der Waals surface area contributed by atoms with Gasteiger partial charge >= 0.3 is 0 Å². The summed E-state index contributed by atoms with van der Waals surface area (Å²) in [6.07, 6.45) is 2.67. The van der Waals surface area contributed by atoms with Crippen LogP contribution in [0.3, 0.4) is 0 Å². The molecule has 0 amide bonds. The van der Waals surface area contributed by atoms with Gasteiger partial charge in [0.2, 0.25) is 0 Å². The van der Waals surface area contributed by atoms with Gasteiger partial charge in [-0.3, -0.25) is 4.90 Å². The minimum atomic E-state index is 0.549. The second-order valence-corrected chi connectivity index (χ2v) is 5.46. The summed E-state index contributed by atoms with van der Waals surface area (Å²) >= 11 is 0. The molecule has 1 fully saturated rings. The highest BCUT2D eigenvalue weighted by atomic mass is 16.3. The Balaban J connectivity index is 1.91. The first-order valence-corrected chi connectivity index (χ1v) is 6.58. The van der Waals surface area contributed by atoms with Gasteiger partial charge in [0.15, 0.2) is 0 Å². The van der Waals surface area contributed by atoms with Gasteiger partial charge in [-0.1, -0.05) is 0 Å². The summed E-state index contributed by atoms with van der Waals surface area (Å²) in [6.45, 7) is 8.30. The average Bonchev–Trinajstić information content (AvgIpc) is 3.01. The molecule has 1 saturated carbocycles. The van der Waals surface area contributed by atoms with Crippen LogP contribution >= 0.6 is 0 Å². The monoisotopic (exact) mass is 236 g/mol. The van der Waals surface area contributed by atoms with Crippen molar-refractivity contribution < 1.29 is 4.42 Å². The smallest absolute Gasteiger partial charge is 0.118 e. The number of hydrogen-bond acceptors (Lipinski definition) is 3. The standard InChI is InChI=1S/C14H24N2O/c1-10(2)16(4)9-14-7-12(11(3)17-14)8-15-13-5-6-13/h7,10,13,15H,5-6,8-9H2,1-4H3. The van der Waals surface area contributed by atoms with E-state index in [0.717, 1.165) is 30.7 Å². The van der Waals surface area contributed by atoms with E-state index in [-0.39, 0.29) is 0 Å². The van der Waals surface area contributed by atoms with E-state index in [2.05, 4.69) is 44.1 Å². The van der Waals surface area contributed by atoms with Crippen LogP contribution in [0.1, 0.15) is 43.8 Å². The predicted molar refractivity (Wildman–Crippen MR) is 69.9 cm³/mol. The molecule has 17 heavy (non-hydrogen) atoms. The minimum Gasteiger partial charge on any atom is -0.465 e. The summed E-state index contributed by atoms with van der Waals surface area (Å²) in [5, 5.41) is 3.53. The molecule has 0 unspecified atom stereocenters. The number of nitrogens with one attached hydrogen (secondary N) is 1. The molecular formula is C14H24N2O. The Morgan fingerprint density at radius 3 is 2.76 bits per heavy atom. The van der Waals surface area contributed by atoms with Gasteiger partial charge in [0.1, 0.15) is 11.5 Å². The van der Waals surface area contributed by atoms with E-state index < -0.39 is 0 Å². The average molecular weight is 236 g/mol. The van der Waals surface area contributed by atoms with E-state index in [1.165, 1.54) is 18.4 Å². The van der Waals surface area contributed by atoms with Gasteiger partial charge in [-0.2, -0.15) is 0 Å². The highest BCUT2D eigenvalue weighted by Gasteiger charge is 2.21. The SMILES string of the molecule is Cc1oc(CN(C)C(C)C)cc1CNC1CC1. The lowest BCUT2D eigenvalue weighted by Gasteiger charge is -2.19. The molecule has 0 spiro atoms. The van der Waals surface area contributed by atoms with Crippen LogP contribution in [0.2, 0.25) is 0 Å².